The number of carbonyl (C=O) groups is 1. The Morgan fingerprint density at radius 2 is 2.05 bits per heavy atom. The topological polar surface area (TPSA) is 49.3 Å². The molecule has 0 saturated heterocycles. The summed E-state index contributed by atoms with van der Waals surface area (Å²) >= 11 is 0. The largest absolute Gasteiger partial charge is 0.508 e. The molecule has 0 bridgehead atoms. The summed E-state index contributed by atoms with van der Waals surface area (Å²) in [5.41, 5.74) is 1.48. The van der Waals surface area contributed by atoms with E-state index in [4.69, 9.17) is 0 Å². The first kappa shape index (κ1) is 13.9. The van der Waals surface area contributed by atoms with Gasteiger partial charge in [0.1, 0.15) is 5.75 Å². The molecule has 0 heterocycles. The van der Waals surface area contributed by atoms with Gasteiger partial charge in [0.25, 0.3) is 5.91 Å². The van der Waals surface area contributed by atoms with Crippen LogP contribution < -0.4 is 5.32 Å². The molecule has 1 aliphatic rings. The summed E-state index contributed by atoms with van der Waals surface area (Å²) in [5.74, 6) is 0.965. The van der Waals surface area contributed by atoms with Crippen LogP contribution in [0, 0.1) is 12.8 Å². The molecule has 2 unspecified atom stereocenters. The van der Waals surface area contributed by atoms with E-state index < -0.39 is 0 Å². The summed E-state index contributed by atoms with van der Waals surface area (Å²) in [7, 11) is 0. The predicted octanol–water partition coefficient (Wildman–Crippen LogP) is 3.40. The van der Waals surface area contributed by atoms with Crippen molar-refractivity contribution in [2.45, 2.75) is 52.0 Å². The number of hydrogen-bond acceptors (Lipinski definition) is 2. The van der Waals surface area contributed by atoms with Crippen molar-refractivity contribution >= 4 is 5.91 Å². The molecular formula is C16H23NO2. The average Bonchev–Trinajstić information content (AvgIpc) is 2.54. The third kappa shape index (κ3) is 3.72. The smallest absolute Gasteiger partial charge is 0.251 e. The summed E-state index contributed by atoms with van der Waals surface area (Å²) in [6, 6.07) is 5.19. The monoisotopic (exact) mass is 261 g/mol. The highest BCUT2D eigenvalue weighted by Crippen LogP contribution is 2.23. The normalized spacial score (nSPS) is 23.7. The fraction of sp³-hybridized carbons (Fsp3) is 0.562. The molecule has 0 aromatic heterocycles. The third-order valence-corrected chi connectivity index (χ3v) is 4.05. The molecule has 104 valence electrons. The van der Waals surface area contributed by atoms with Gasteiger partial charge >= 0.3 is 0 Å². The van der Waals surface area contributed by atoms with Gasteiger partial charge in [-0.15, -0.1) is 0 Å². The Morgan fingerprint density at radius 1 is 1.26 bits per heavy atom. The molecule has 3 nitrogen and oxygen atoms in total. The zero-order valence-electron chi connectivity index (χ0n) is 11.8. The van der Waals surface area contributed by atoms with Crippen molar-refractivity contribution in [3.05, 3.63) is 29.3 Å². The van der Waals surface area contributed by atoms with Crippen molar-refractivity contribution < 1.29 is 9.90 Å². The van der Waals surface area contributed by atoms with E-state index >= 15 is 0 Å². The van der Waals surface area contributed by atoms with E-state index in [0.29, 0.717) is 11.6 Å². The van der Waals surface area contributed by atoms with Crippen molar-refractivity contribution in [2.75, 3.05) is 0 Å². The standard InChI is InChI=1S/C16H23NO2/c1-11-4-3-5-13(7-6-11)17-16(19)15-9-8-14(18)10-12(15)2/h8-11,13,18H,3-7H2,1-2H3,(H,17,19). The molecular weight excluding hydrogens is 238 g/mol. The van der Waals surface area contributed by atoms with E-state index in [1.165, 1.54) is 19.3 Å². The van der Waals surface area contributed by atoms with Gasteiger partial charge in [-0.2, -0.15) is 0 Å². The summed E-state index contributed by atoms with van der Waals surface area (Å²) in [4.78, 5) is 12.2. The number of phenolic OH excluding ortho intramolecular Hbond substituents is 1. The van der Waals surface area contributed by atoms with Gasteiger partial charge in [-0.1, -0.05) is 19.8 Å². The minimum Gasteiger partial charge on any atom is -0.508 e. The Hall–Kier alpha value is -1.51. The van der Waals surface area contributed by atoms with E-state index in [2.05, 4.69) is 12.2 Å². The van der Waals surface area contributed by atoms with Gasteiger partial charge in [-0.3, -0.25) is 4.79 Å². The maximum Gasteiger partial charge on any atom is 0.251 e. The second kappa shape index (κ2) is 6.09. The van der Waals surface area contributed by atoms with Crippen molar-refractivity contribution in [3.8, 4) is 5.75 Å². The first-order valence-electron chi connectivity index (χ1n) is 7.16. The van der Waals surface area contributed by atoms with Gasteiger partial charge in [0, 0.05) is 11.6 Å². The van der Waals surface area contributed by atoms with E-state index in [9.17, 15) is 9.90 Å². The number of amides is 1. The Balaban J connectivity index is 2.00. The molecule has 1 fully saturated rings. The van der Waals surface area contributed by atoms with Crippen molar-refractivity contribution in [2.24, 2.45) is 5.92 Å². The highest BCUT2D eigenvalue weighted by Gasteiger charge is 2.19. The third-order valence-electron chi connectivity index (χ3n) is 4.05. The second-order valence-electron chi connectivity index (χ2n) is 5.78. The average molecular weight is 261 g/mol. The van der Waals surface area contributed by atoms with Crippen LogP contribution in [0.25, 0.3) is 0 Å². The number of carbonyl (C=O) groups excluding carboxylic acids is 1. The SMILES string of the molecule is Cc1cc(O)ccc1C(=O)NC1CCCC(C)CC1. The van der Waals surface area contributed by atoms with Crippen LogP contribution >= 0.6 is 0 Å². The van der Waals surface area contributed by atoms with Crippen LogP contribution in [0.4, 0.5) is 0 Å². The van der Waals surface area contributed by atoms with Crippen LogP contribution in [0.15, 0.2) is 18.2 Å². The molecule has 19 heavy (non-hydrogen) atoms. The first-order chi connectivity index (χ1) is 9.06. The number of phenols is 1. The van der Waals surface area contributed by atoms with Crippen LogP contribution in [-0.2, 0) is 0 Å². The summed E-state index contributed by atoms with van der Waals surface area (Å²) in [6.07, 6.45) is 5.81. The molecule has 0 radical (unpaired) electrons. The number of benzene rings is 1. The Kier molecular flexibility index (Phi) is 4.46. The number of aryl methyl sites for hydroxylation is 1. The van der Waals surface area contributed by atoms with Crippen LogP contribution in [0.3, 0.4) is 0 Å². The van der Waals surface area contributed by atoms with E-state index in [1.54, 1.807) is 18.2 Å². The molecule has 2 atom stereocenters. The molecule has 1 aliphatic carbocycles. The lowest BCUT2D eigenvalue weighted by Crippen LogP contribution is -2.34. The maximum atomic E-state index is 12.2. The van der Waals surface area contributed by atoms with Crippen molar-refractivity contribution in [1.82, 2.24) is 5.32 Å². The fourth-order valence-corrected chi connectivity index (χ4v) is 2.80. The van der Waals surface area contributed by atoms with Gasteiger partial charge in [-0.05, 0) is 55.9 Å². The minimum absolute atomic E-state index is 0.0166. The molecule has 1 amide bonds. The molecule has 1 aromatic rings. The van der Waals surface area contributed by atoms with E-state index in [-0.39, 0.29) is 11.7 Å². The van der Waals surface area contributed by atoms with Crippen LogP contribution in [-0.4, -0.2) is 17.1 Å². The van der Waals surface area contributed by atoms with Crippen LogP contribution in [0.2, 0.25) is 0 Å². The van der Waals surface area contributed by atoms with E-state index in [1.807, 2.05) is 6.92 Å². The second-order valence-corrected chi connectivity index (χ2v) is 5.78. The number of hydrogen-bond donors (Lipinski definition) is 2. The lowest BCUT2D eigenvalue weighted by Gasteiger charge is -2.17. The Morgan fingerprint density at radius 3 is 2.79 bits per heavy atom. The van der Waals surface area contributed by atoms with Gasteiger partial charge in [0.2, 0.25) is 0 Å². The quantitative estimate of drug-likeness (QED) is 0.802. The first-order valence-corrected chi connectivity index (χ1v) is 7.16. The Bertz CT molecular complexity index is 456. The zero-order valence-corrected chi connectivity index (χ0v) is 11.8. The summed E-state index contributed by atoms with van der Waals surface area (Å²) < 4.78 is 0. The number of nitrogens with one attached hydrogen (secondary N) is 1. The molecule has 0 aliphatic heterocycles. The van der Waals surface area contributed by atoms with Gasteiger partial charge in [0.15, 0.2) is 0 Å². The number of rotatable bonds is 2. The predicted molar refractivity (Wildman–Crippen MR) is 76.3 cm³/mol. The Labute approximate surface area is 115 Å². The highest BCUT2D eigenvalue weighted by molar-refractivity contribution is 5.95. The minimum atomic E-state index is -0.0166. The van der Waals surface area contributed by atoms with Gasteiger partial charge in [0.05, 0.1) is 0 Å². The summed E-state index contributed by atoms with van der Waals surface area (Å²) in [5, 5.41) is 12.5. The molecule has 1 aromatic carbocycles. The molecule has 2 rings (SSSR count). The zero-order chi connectivity index (χ0) is 13.8. The summed E-state index contributed by atoms with van der Waals surface area (Å²) in [6.45, 7) is 4.14. The molecule has 3 heteroatoms. The molecule has 1 saturated carbocycles. The van der Waals surface area contributed by atoms with Crippen molar-refractivity contribution in [3.63, 3.8) is 0 Å². The van der Waals surface area contributed by atoms with Crippen LogP contribution in [0.1, 0.15) is 54.9 Å². The highest BCUT2D eigenvalue weighted by atomic mass is 16.3. The van der Waals surface area contributed by atoms with E-state index in [0.717, 1.165) is 24.3 Å². The van der Waals surface area contributed by atoms with Crippen LogP contribution in [0.5, 0.6) is 5.75 Å². The molecule has 0 spiro atoms. The van der Waals surface area contributed by atoms with Gasteiger partial charge < -0.3 is 10.4 Å². The lowest BCUT2D eigenvalue weighted by molar-refractivity contribution is 0.0932. The van der Waals surface area contributed by atoms with Crippen molar-refractivity contribution in [1.29, 1.82) is 0 Å². The molecule has 2 N–H and O–H groups in total. The van der Waals surface area contributed by atoms with Gasteiger partial charge in [-0.25, -0.2) is 0 Å². The fourth-order valence-electron chi connectivity index (χ4n) is 2.80. The lowest BCUT2D eigenvalue weighted by atomic mass is 10.0. The number of aromatic hydroxyl groups is 1. The maximum absolute atomic E-state index is 12.2.